The number of benzene rings is 4. The van der Waals surface area contributed by atoms with Crippen molar-refractivity contribution in [3.63, 3.8) is 0 Å². The average molecular weight is 445 g/mol. The van der Waals surface area contributed by atoms with Crippen LogP contribution >= 0.6 is 0 Å². The average Bonchev–Trinajstić information content (AvgIpc) is 3.22. The van der Waals surface area contributed by atoms with Crippen molar-refractivity contribution in [1.29, 1.82) is 0 Å². The van der Waals surface area contributed by atoms with E-state index in [0.29, 0.717) is 5.82 Å². The van der Waals surface area contributed by atoms with Gasteiger partial charge in [0, 0.05) is 27.5 Å². The first kappa shape index (κ1) is 21.0. The van der Waals surface area contributed by atoms with Crippen molar-refractivity contribution in [1.82, 2.24) is 0 Å². The third kappa shape index (κ3) is 2.93. The third-order valence-corrected chi connectivity index (χ3v) is 7.02. The molecule has 0 aromatic heterocycles. The second-order valence-electron chi connectivity index (χ2n) is 11.5. The molecule has 0 saturated heterocycles. The summed E-state index contributed by atoms with van der Waals surface area (Å²) in [5.41, 5.74) is 1.99. The van der Waals surface area contributed by atoms with Crippen LogP contribution in [0, 0.1) is 10.8 Å². The van der Waals surface area contributed by atoms with E-state index in [1.807, 2.05) is 12.2 Å². The number of ketones is 1. The summed E-state index contributed by atoms with van der Waals surface area (Å²) < 4.78 is 0. The SMILES string of the molecule is CC(C)(C)C1=CC(=C2N=c3c(c4cccc5ccc6cccc3c6c54)=N2)C=C(C(C)(C)C)C1=O. The van der Waals surface area contributed by atoms with Gasteiger partial charge in [0.15, 0.2) is 11.6 Å². The summed E-state index contributed by atoms with van der Waals surface area (Å²) in [5, 5.41) is 9.03. The highest BCUT2D eigenvalue weighted by Crippen LogP contribution is 2.40. The summed E-state index contributed by atoms with van der Waals surface area (Å²) >= 11 is 0. The smallest absolute Gasteiger partial charge is 0.186 e. The molecule has 0 spiro atoms. The zero-order chi connectivity index (χ0) is 24.0. The summed E-state index contributed by atoms with van der Waals surface area (Å²) in [6.07, 6.45) is 4.01. The number of rotatable bonds is 0. The number of carbonyl (C=O) groups excluding carboxylic acids is 1. The van der Waals surface area contributed by atoms with E-state index < -0.39 is 0 Å². The summed E-state index contributed by atoms with van der Waals surface area (Å²) in [5.74, 6) is 0.810. The Balaban J connectivity index is 1.75. The van der Waals surface area contributed by atoms with E-state index in [1.165, 1.54) is 21.5 Å². The van der Waals surface area contributed by atoms with Crippen LogP contribution in [0.25, 0.3) is 32.3 Å². The number of hydrogen-bond donors (Lipinski definition) is 0. The highest BCUT2D eigenvalue weighted by molar-refractivity contribution is 6.22. The molecule has 1 heterocycles. The van der Waals surface area contributed by atoms with E-state index in [-0.39, 0.29) is 16.6 Å². The molecule has 0 bridgehead atoms. The van der Waals surface area contributed by atoms with Gasteiger partial charge in [-0.15, -0.1) is 0 Å². The number of hydrogen-bond acceptors (Lipinski definition) is 3. The molecule has 3 heteroatoms. The Morgan fingerprint density at radius 2 is 1.06 bits per heavy atom. The Morgan fingerprint density at radius 3 is 1.47 bits per heavy atom. The largest absolute Gasteiger partial charge is 0.289 e. The van der Waals surface area contributed by atoms with Crippen molar-refractivity contribution in [3.8, 4) is 0 Å². The second-order valence-corrected chi connectivity index (χ2v) is 11.5. The lowest BCUT2D eigenvalue weighted by Gasteiger charge is -2.31. The zero-order valence-corrected chi connectivity index (χ0v) is 20.6. The van der Waals surface area contributed by atoms with Crippen LogP contribution in [-0.2, 0) is 4.79 Å². The topological polar surface area (TPSA) is 41.8 Å². The van der Waals surface area contributed by atoms with Crippen molar-refractivity contribution in [2.45, 2.75) is 41.5 Å². The standard InChI is InChI=1S/C31H28N2O/c1-30(2,3)22-15-19(16-23(28(22)34)31(4,5)6)29-32-26-20-11-7-9-17-13-14-18-10-8-12-21(27(26)33-29)25(18)24(17)20/h7-16H,1-6H3. The highest BCUT2D eigenvalue weighted by Gasteiger charge is 2.35. The Kier molecular flexibility index (Phi) is 4.15. The molecule has 0 amide bonds. The maximum absolute atomic E-state index is 13.4. The van der Waals surface area contributed by atoms with Crippen molar-refractivity contribution in [2.24, 2.45) is 20.8 Å². The predicted molar refractivity (Wildman–Crippen MR) is 140 cm³/mol. The summed E-state index contributed by atoms with van der Waals surface area (Å²) in [6.45, 7) is 12.6. The van der Waals surface area contributed by atoms with Gasteiger partial charge in [-0.1, -0.05) is 90.1 Å². The lowest BCUT2D eigenvalue weighted by molar-refractivity contribution is -0.114. The van der Waals surface area contributed by atoms with Crippen molar-refractivity contribution in [3.05, 3.63) is 93.9 Å². The summed E-state index contributed by atoms with van der Waals surface area (Å²) in [4.78, 5) is 23.6. The van der Waals surface area contributed by atoms with Crippen LogP contribution in [0.15, 0.2) is 93.2 Å². The normalized spacial score (nSPS) is 16.7. The molecule has 0 atom stereocenters. The van der Waals surface area contributed by atoms with Crippen molar-refractivity contribution < 1.29 is 4.79 Å². The van der Waals surface area contributed by atoms with E-state index in [2.05, 4.69) is 90.1 Å². The maximum atomic E-state index is 13.4. The lowest BCUT2D eigenvalue weighted by atomic mass is 9.72. The van der Waals surface area contributed by atoms with Gasteiger partial charge in [-0.25, -0.2) is 9.98 Å². The molecule has 1 aliphatic heterocycles. The van der Waals surface area contributed by atoms with Gasteiger partial charge >= 0.3 is 0 Å². The van der Waals surface area contributed by atoms with E-state index in [9.17, 15) is 4.79 Å². The molecule has 2 aliphatic rings. The minimum atomic E-state index is -0.271. The molecule has 0 fully saturated rings. The number of Topliss-reactive ketones (excluding diaryl/α,β-unsaturated/α-hetero) is 1. The molecule has 0 N–H and O–H groups in total. The Morgan fingerprint density at radius 1 is 0.618 bits per heavy atom. The van der Waals surface area contributed by atoms with E-state index in [0.717, 1.165) is 38.2 Å². The Bertz CT molecular complexity index is 1640. The van der Waals surface area contributed by atoms with Gasteiger partial charge in [-0.3, -0.25) is 4.79 Å². The van der Waals surface area contributed by atoms with Gasteiger partial charge in [0.1, 0.15) is 0 Å². The fraction of sp³-hybridized carbons (Fsp3) is 0.258. The minimum absolute atomic E-state index is 0.127. The van der Waals surface area contributed by atoms with Crippen molar-refractivity contribution in [2.75, 3.05) is 0 Å². The molecule has 34 heavy (non-hydrogen) atoms. The zero-order valence-electron chi connectivity index (χ0n) is 20.6. The highest BCUT2D eigenvalue weighted by atomic mass is 16.1. The van der Waals surface area contributed by atoms with E-state index in [4.69, 9.17) is 9.98 Å². The Hall–Kier alpha value is -3.59. The minimum Gasteiger partial charge on any atom is -0.289 e. The molecule has 6 rings (SSSR count). The van der Waals surface area contributed by atoms with Crippen LogP contribution < -0.4 is 10.7 Å². The van der Waals surface area contributed by atoms with Crippen LogP contribution in [-0.4, -0.2) is 5.78 Å². The van der Waals surface area contributed by atoms with Gasteiger partial charge in [0.25, 0.3) is 0 Å². The predicted octanol–water partition coefficient (Wildman–Crippen LogP) is 6.58. The molecule has 3 nitrogen and oxygen atoms in total. The number of carbonyl (C=O) groups is 1. The molecule has 1 aliphatic carbocycles. The first-order chi connectivity index (χ1) is 16.0. The van der Waals surface area contributed by atoms with Crippen LogP contribution in [0.3, 0.4) is 0 Å². The van der Waals surface area contributed by atoms with Gasteiger partial charge in [0.2, 0.25) is 0 Å². The molecule has 4 aromatic rings. The van der Waals surface area contributed by atoms with E-state index in [1.54, 1.807) is 0 Å². The first-order valence-corrected chi connectivity index (χ1v) is 11.9. The molecular formula is C31H28N2O. The molecule has 0 saturated carbocycles. The lowest BCUT2D eigenvalue weighted by Crippen LogP contribution is -2.28. The number of nitrogens with zero attached hydrogens (tertiary/aromatic N) is 2. The summed E-state index contributed by atoms with van der Waals surface area (Å²) in [7, 11) is 0. The molecule has 0 radical (unpaired) electrons. The van der Waals surface area contributed by atoms with Gasteiger partial charge in [-0.05, 0) is 44.5 Å². The fourth-order valence-electron chi connectivity index (χ4n) is 5.27. The van der Waals surface area contributed by atoms with Gasteiger partial charge < -0.3 is 0 Å². The Labute approximate surface area is 199 Å². The van der Waals surface area contributed by atoms with Crippen LogP contribution in [0.1, 0.15) is 41.5 Å². The van der Waals surface area contributed by atoms with Crippen LogP contribution in [0.2, 0.25) is 0 Å². The van der Waals surface area contributed by atoms with Gasteiger partial charge in [-0.2, -0.15) is 0 Å². The number of fused-ring (bicyclic) bond motifs is 3. The fourth-order valence-corrected chi connectivity index (χ4v) is 5.27. The maximum Gasteiger partial charge on any atom is 0.186 e. The first-order valence-electron chi connectivity index (χ1n) is 11.9. The molecule has 4 aromatic carbocycles. The van der Waals surface area contributed by atoms with Gasteiger partial charge in [0.05, 0.1) is 10.7 Å². The quantitative estimate of drug-likeness (QED) is 0.283. The second kappa shape index (κ2) is 6.73. The van der Waals surface area contributed by atoms with E-state index >= 15 is 0 Å². The number of allylic oxidation sites excluding steroid dienone is 5. The monoisotopic (exact) mass is 444 g/mol. The molecule has 0 unspecified atom stereocenters. The summed E-state index contributed by atoms with van der Waals surface area (Å²) in [6, 6.07) is 17.2. The van der Waals surface area contributed by atoms with Crippen LogP contribution in [0.4, 0.5) is 0 Å². The van der Waals surface area contributed by atoms with Crippen molar-refractivity contribution >= 4 is 38.1 Å². The third-order valence-electron chi connectivity index (χ3n) is 7.02. The molecular weight excluding hydrogens is 416 g/mol. The van der Waals surface area contributed by atoms with Crippen LogP contribution in [0.5, 0.6) is 0 Å². The molecule has 168 valence electrons.